The first-order chi connectivity index (χ1) is 8.31. The Balaban J connectivity index is 1.68. The maximum absolute atomic E-state index is 6.14. The van der Waals surface area contributed by atoms with E-state index in [0.717, 1.165) is 32.5 Å². The molecule has 100 valence electrons. The van der Waals surface area contributed by atoms with Gasteiger partial charge in [-0.05, 0) is 19.3 Å². The van der Waals surface area contributed by atoms with Crippen LogP contribution in [-0.4, -0.2) is 57.2 Å². The summed E-state index contributed by atoms with van der Waals surface area (Å²) in [6, 6.07) is 0. The zero-order chi connectivity index (χ0) is 12.1. The summed E-state index contributed by atoms with van der Waals surface area (Å²) in [5.41, 5.74) is 0. The predicted molar refractivity (Wildman–Crippen MR) is 64.6 cm³/mol. The van der Waals surface area contributed by atoms with E-state index >= 15 is 0 Å². The molecule has 0 spiro atoms. The molecule has 1 aliphatic heterocycles. The average molecular weight is 265 g/mol. The Hall–Kier alpha value is 0.130. The molecule has 0 radical (unpaired) electrons. The van der Waals surface area contributed by atoms with E-state index in [1.807, 2.05) is 0 Å². The molecule has 2 fully saturated rings. The minimum atomic E-state index is 0.0228. The highest BCUT2D eigenvalue weighted by atomic mass is 35.5. The molecule has 3 atom stereocenters. The fourth-order valence-electron chi connectivity index (χ4n) is 2.20. The number of halogens is 1. The van der Waals surface area contributed by atoms with Gasteiger partial charge >= 0.3 is 0 Å². The molecular formula is C12H21ClO4. The molecule has 0 bridgehead atoms. The fourth-order valence-corrected chi connectivity index (χ4v) is 2.61. The summed E-state index contributed by atoms with van der Waals surface area (Å²) in [6.45, 7) is 2.79. The molecule has 0 N–H and O–H groups in total. The third-order valence-corrected chi connectivity index (χ3v) is 3.74. The van der Waals surface area contributed by atoms with Crippen LogP contribution in [0.3, 0.4) is 0 Å². The van der Waals surface area contributed by atoms with Crippen LogP contribution in [0.25, 0.3) is 0 Å². The van der Waals surface area contributed by atoms with Gasteiger partial charge in [-0.1, -0.05) is 0 Å². The van der Waals surface area contributed by atoms with Crippen LogP contribution in [0.5, 0.6) is 0 Å². The SMILES string of the molecule is COCCOC1C(Cl)CC1OC1CCOCC1. The molecule has 1 saturated heterocycles. The molecule has 3 unspecified atom stereocenters. The molecule has 0 aromatic heterocycles. The van der Waals surface area contributed by atoms with Crippen molar-refractivity contribution in [3.8, 4) is 0 Å². The molecule has 1 aliphatic carbocycles. The van der Waals surface area contributed by atoms with Crippen LogP contribution in [0.2, 0.25) is 0 Å². The Labute approximate surface area is 107 Å². The van der Waals surface area contributed by atoms with E-state index in [9.17, 15) is 0 Å². The third kappa shape index (κ3) is 3.80. The van der Waals surface area contributed by atoms with Gasteiger partial charge < -0.3 is 18.9 Å². The normalized spacial score (nSPS) is 34.6. The number of ether oxygens (including phenoxy) is 4. The highest BCUT2D eigenvalue weighted by molar-refractivity contribution is 6.21. The molecule has 17 heavy (non-hydrogen) atoms. The number of hydrogen-bond acceptors (Lipinski definition) is 4. The lowest BCUT2D eigenvalue weighted by Crippen LogP contribution is -2.53. The smallest absolute Gasteiger partial charge is 0.100 e. The molecule has 1 heterocycles. The van der Waals surface area contributed by atoms with Crippen molar-refractivity contribution >= 4 is 11.6 Å². The minimum absolute atomic E-state index is 0.0228. The van der Waals surface area contributed by atoms with E-state index in [1.54, 1.807) is 7.11 Å². The van der Waals surface area contributed by atoms with Crippen LogP contribution in [0.1, 0.15) is 19.3 Å². The van der Waals surface area contributed by atoms with Gasteiger partial charge in [-0.2, -0.15) is 0 Å². The van der Waals surface area contributed by atoms with E-state index < -0.39 is 0 Å². The van der Waals surface area contributed by atoms with Gasteiger partial charge in [-0.15, -0.1) is 11.6 Å². The Morgan fingerprint density at radius 1 is 1.24 bits per heavy atom. The first kappa shape index (κ1) is 13.6. The first-order valence-electron chi connectivity index (χ1n) is 6.29. The van der Waals surface area contributed by atoms with Gasteiger partial charge in [0.2, 0.25) is 0 Å². The first-order valence-corrected chi connectivity index (χ1v) is 6.72. The zero-order valence-corrected chi connectivity index (χ0v) is 11.0. The molecule has 0 aromatic carbocycles. The van der Waals surface area contributed by atoms with Gasteiger partial charge in [0.05, 0.1) is 30.8 Å². The van der Waals surface area contributed by atoms with Crippen molar-refractivity contribution in [2.45, 2.75) is 43.0 Å². The van der Waals surface area contributed by atoms with Gasteiger partial charge in [-0.3, -0.25) is 0 Å². The summed E-state index contributed by atoms with van der Waals surface area (Å²) in [5.74, 6) is 0. The van der Waals surface area contributed by atoms with Crippen molar-refractivity contribution in [1.29, 1.82) is 0 Å². The van der Waals surface area contributed by atoms with Crippen molar-refractivity contribution in [3.63, 3.8) is 0 Å². The summed E-state index contributed by atoms with van der Waals surface area (Å²) >= 11 is 6.14. The molecule has 2 aliphatic rings. The van der Waals surface area contributed by atoms with E-state index in [-0.39, 0.29) is 17.6 Å². The zero-order valence-electron chi connectivity index (χ0n) is 10.3. The molecule has 5 heteroatoms. The maximum atomic E-state index is 6.14. The van der Waals surface area contributed by atoms with Crippen LogP contribution in [0.15, 0.2) is 0 Å². The van der Waals surface area contributed by atoms with Gasteiger partial charge in [0.25, 0.3) is 0 Å². The highest BCUT2D eigenvalue weighted by Gasteiger charge is 2.43. The second-order valence-electron chi connectivity index (χ2n) is 4.57. The maximum Gasteiger partial charge on any atom is 0.100 e. The van der Waals surface area contributed by atoms with Crippen molar-refractivity contribution < 1.29 is 18.9 Å². The van der Waals surface area contributed by atoms with E-state index in [1.165, 1.54) is 0 Å². The molecule has 0 amide bonds. The number of hydrogen-bond donors (Lipinski definition) is 0. The van der Waals surface area contributed by atoms with Gasteiger partial charge in [-0.25, -0.2) is 0 Å². The summed E-state index contributed by atoms with van der Waals surface area (Å²) in [6.07, 6.45) is 3.33. The van der Waals surface area contributed by atoms with Crippen molar-refractivity contribution in [2.24, 2.45) is 0 Å². The lowest BCUT2D eigenvalue weighted by Gasteiger charge is -2.42. The lowest BCUT2D eigenvalue weighted by molar-refractivity contribution is -0.166. The minimum Gasteiger partial charge on any atom is -0.382 e. The van der Waals surface area contributed by atoms with Gasteiger partial charge in [0.1, 0.15) is 6.10 Å². The van der Waals surface area contributed by atoms with E-state index in [0.29, 0.717) is 19.3 Å². The number of alkyl halides is 1. The largest absolute Gasteiger partial charge is 0.382 e. The standard InChI is InChI=1S/C12H21ClO4/c1-14-6-7-16-12-10(13)8-11(12)17-9-2-4-15-5-3-9/h9-12H,2-8H2,1H3. The Morgan fingerprint density at radius 2 is 2.00 bits per heavy atom. The quantitative estimate of drug-likeness (QED) is 0.539. The van der Waals surface area contributed by atoms with Crippen molar-refractivity contribution in [2.75, 3.05) is 33.5 Å². The second kappa shape index (κ2) is 6.90. The van der Waals surface area contributed by atoms with Gasteiger partial charge in [0.15, 0.2) is 0 Å². The van der Waals surface area contributed by atoms with Crippen molar-refractivity contribution in [1.82, 2.24) is 0 Å². The average Bonchev–Trinajstić information content (AvgIpc) is 2.35. The Bertz CT molecular complexity index is 221. The van der Waals surface area contributed by atoms with Crippen LogP contribution in [0, 0.1) is 0 Å². The summed E-state index contributed by atoms with van der Waals surface area (Å²) < 4.78 is 21.9. The van der Waals surface area contributed by atoms with Crippen LogP contribution in [-0.2, 0) is 18.9 Å². The van der Waals surface area contributed by atoms with Crippen LogP contribution >= 0.6 is 11.6 Å². The van der Waals surface area contributed by atoms with Crippen LogP contribution < -0.4 is 0 Å². The lowest BCUT2D eigenvalue weighted by atomic mass is 9.90. The summed E-state index contributed by atoms with van der Waals surface area (Å²) in [4.78, 5) is 0. The number of methoxy groups -OCH3 is 1. The molecule has 4 nitrogen and oxygen atoms in total. The monoisotopic (exact) mass is 264 g/mol. The fraction of sp³-hybridized carbons (Fsp3) is 1.00. The number of rotatable bonds is 6. The highest BCUT2D eigenvalue weighted by Crippen LogP contribution is 2.33. The molecule has 2 rings (SSSR count). The summed E-state index contributed by atoms with van der Waals surface area (Å²) in [7, 11) is 1.67. The summed E-state index contributed by atoms with van der Waals surface area (Å²) in [5, 5.41) is 0.0803. The van der Waals surface area contributed by atoms with E-state index in [4.69, 9.17) is 30.5 Å². The van der Waals surface area contributed by atoms with Crippen molar-refractivity contribution in [3.05, 3.63) is 0 Å². The predicted octanol–water partition coefficient (Wildman–Crippen LogP) is 1.59. The second-order valence-corrected chi connectivity index (χ2v) is 5.13. The third-order valence-electron chi connectivity index (χ3n) is 3.31. The van der Waals surface area contributed by atoms with E-state index in [2.05, 4.69) is 0 Å². The van der Waals surface area contributed by atoms with Crippen LogP contribution in [0.4, 0.5) is 0 Å². The molecule has 0 aromatic rings. The van der Waals surface area contributed by atoms with Gasteiger partial charge in [0, 0.05) is 20.3 Å². The topological polar surface area (TPSA) is 36.9 Å². The Kier molecular flexibility index (Phi) is 5.50. The molecular weight excluding hydrogens is 244 g/mol. The molecule has 1 saturated carbocycles. The Morgan fingerprint density at radius 3 is 2.65 bits per heavy atom.